The molecule has 0 atom stereocenters. The van der Waals surface area contributed by atoms with Crippen LogP contribution in [0.25, 0.3) is 0 Å². The molecule has 0 aromatic heterocycles. The molecule has 0 fully saturated rings. The van der Waals surface area contributed by atoms with E-state index in [2.05, 4.69) is 26.6 Å². The standard InChI is InChI=1S/C23H24BrClN2O6/c1-2-12-32-23(31)15-6-9-17(10-7-15)26-20(28)4-3-5-22(30)33-14-21(29)27-19-11-8-16(24)13-18(19)25/h6-11,13H,2-5,12,14H2,1H3,(H,26,28)(H,27,29). The van der Waals surface area contributed by atoms with Gasteiger partial charge in [0.25, 0.3) is 5.91 Å². The molecule has 176 valence electrons. The van der Waals surface area contributed by atoms with Gasteiger partial charge in [-0.2, -0.15) is 0 Å². The highest BCUT2D eigenvalue weighted by Crippen LogP contribution is 2.25. The zero-order valence-corrected chi connectivity index (χ0v) is 20.3. The summed E-state index contributed by atoms with van der Waals surface area (Å²) >= 11 is 9.29. The normalized spacial score (nSPS) is 10.3. The van der Waals surface area contributed by atoms with Crippen LogP contribution >= 0.6 is 27.5 Å². The number of hydrogen-bond donors (Lipinski definition) is 2. The van der Waals surface area contributed by atoms with Crippen LogP contribution in [0.4, 0.5) is 11.4 Å². The summed E-state index contributed by atoms with van der Waals surface area (Å²) in [5, 5.41) is 5.59. The average molecular weight is 540 g/mol. The van der Waals surface area contributed by atoms with E-state index in [1.54, 1.807) is 42.5 Å². The van der Waals surface area contributed by atoms with Crippen molar-refractivity contribution in [3.63, 3.8) is 0 Å². The summed E-state index contributed by atoms with van der Waals surface area (Å²) in [6.07, 6.45) is 1.08. The maximum atomic E-state index is 12.0. The number of esters is 2. The van der Waals surface area contributed by atoms with E-state index in [9.17, 15) is 19.2 Å². The first-order valence-corrected chi connectivity index (χ1v) is 11.4. The molecule has 0 aliphatic heterocycles. The Morgan fingerprint density at radius 3 is 2.33 bits per heavy atom. The number of ether oxygens (including phenoxy) is 2. The molecule has 0 heterocycles. The second-order valence-corrected chi connectivity index (χ2v) is 8.27. The molecule has 2 aromatic rings. The molecule has 0 spiro atoms. The second kappa shape index (κ2) is 13.6. The van der Waals surface area contributed by atoms with Crippen LogP contribution in [0.15, 0.2) is 46.9 Å². The number of rotatable bonds is 11. The Hall–Kier alpha value is -2.91. The van der Waals surface area contributed by atoms with Crippen molar-refractivity contribution in [2.75, 3.05) is 23.8 Å². The van der Waals surface area contributed by atoms with Crippen LogP contribution in [0.1, 0.15) is 43.0 Å². The summed E-state index contributed by atoms with van der Waals surface area (Å²) in [4.78, 5) is 47.5. The predicted molar refractivity (Wildman–Crippen MR) is 128 cm³/mol. The minimum absolute atomic E-state index is 0.0120. The molecule has 0 aliphatic rings. The van der Waals surface area contributed by atoms with Crippen LogP contribution in [0.3, 0.4) is 0 Å². The Bertz CT molecular complexity index is 997. The number of hydrogen-bond acceptors (Lipinski definition) is 6. The fourth-order valence-corrected chi connectivity index (χ4v) is 3.30. The lowest BCUT2D eigenvalue weighted by molar-refractivity contribution is -0.147. The fourth-order valence-electron chi connectivity index (χ4n) is 2.58. The first kappa shape index (κ1) is 26.3. The molecule has 2 rings (SSSR count). The Morgan fingerprint density at radius 1 is 0.939 bits per heavy atom. The zero-order valence-electron chi connectivity index (χ0n) is 18.0. The summed E-state index contributed by atoms with van der Waals surface area (Å²) in [5.74, 6) is -1.81. The van der Waals surface area contributed by atoms with Crippen molar-refractivity contribution in [1.29, 1.82) is 0 Å². The number of benzene rings is 2. The highest BCUT2D eigenvalue weighted by molar-refractivity contribution is 9.10. The van der Waals surface area contributed by atoms with Gasteiger partial charge >= 0.3 is 11.9 Å². The van der Waals surface area contributed by atoms with E-state index in [1.807, 2.05) is 6.92 Å². The zero-order chi connectivity index (χ0) is 24.2. The van der Waals surface area contributed by atoms with Crippen LogP contribution in [-0.2, 0) is 23.9 Å². The van der Waals surface area contributed by atoms with Crippen LogP contribution in [0.5, 0.6) is 0 Å². The first-order chi connectivity index (χ1) is 15.8. The molecule has 2 aromatic carbocycles. The van der Waals surface area contributed by atoms with Crippen LogP contribution in [0.2, 0.25) is 5.02 Å². The summed E-state index contributed by atoms with van der Waals surface area (Å²) in [6, 6.07) is 11.3. The predicted octanol–water partition coefficient (Wildman–Crippen LogP) is 4.96. The number of nitrogens with one attached hydrogen (secondary N) is 2. The molecule has 0 aliphatic carbocycles. The van der Waals surface area contributed by atoms with Gasteiger partial charge in [0, 0.05) is 23.0 Å². The smallest absolute Gasteiger partial charge is 0.338 e. The topological polar surface area (TPSA) is 111 Å². The SMILES string of the molecule is CCCOC(=O)c1ccc(NC(=O)CCCC(=O)OCC(=O)Nc2ccc(Br)cc2Cl)cc1. The van der Waals surface area contributed by atoms with Crippen LogP contribution in [0, 0.1) is 0 Å². The van der Waals surface area contributed by atoms with E-state index in [0.29, 0.717) is 28.6 Å². The van der Waals surface area contributed by atoms with Crippen LogP contribution < -0.4 is 10.6 Å². The maximum Gasteiger partial charge on any atom is 0.338 e. The van der Waals surface area contributed by atoms with E-state index in [4.69, 9.17) is 21.1 Å². The lowest BCUT2D eigenvalue weighted by Crippen LogP contribution is -2.21. The fraction of sp³-hybridized carbons (Fsp3) is 0.304. The maximum absolute atomic E-state index is 12.0. The van der Waals surface area contributed by atoms with Gasteiger partial charge in [-0.1, -0.05) is 34.5 Å². The molecule has 0 unspecified atom stereocenters. The second-order valence-electron chi connectivity index (χ2n) is 6.95. The van der Waals surface area contributed by atoms with Gasteiger partial charge in [-0.3, -0.25) is 14.4 Å². The van der Waals surface area contributed by atoms with Gasteiger partial charge < -0.3 is 20.1 Å². The van der Waals surface area contributed by atoms with Crippen molar-refractivity contribution in [2.24, 2.45) is 0 Å². The van der Waals surface area contributed by atoms with E-state index in [-0.39, 0.29) is 25.2 Å². The summed E-state index contributed by atoms with van der Waals surface area (Å²) < 4.78 is 10.7. The third-order valence-corrected chi connectivity index (χ3v) is 5.00. The Labute approximate surface area is 205 Å². The lowest BCUT2D eigenvalue weighted by atomic mass is 10.2. The summed E-state index contributed by atoms with van der Waals surface area (Å²) in [6.45, 7) is 1.80. The van der Waals surface area contributed by atoms with Gasteiger partial charge in [-0.25, -0.2) is 4.79 Å². The van der Waals surface area contributed by atoms with Crippen molar-refractivity contribution < 1.29 is 28.7 Å². The molecule has 10 heteroatoms. The highest BCUT2D eigenvalue weighted by Gasteiger charge is 2.12. The average Bonchev–Trinajstić information content (AvgIpc) is 2.78. The number of halogens is 2. The van der Waals surface area contributed by atoms with Gasteiger partial charge in [-0.15, -0.1) is 0 Å². The van der Waals surface area contributed by atoms with Crippen LogP contribution in [-0.4, -0.2) is 37.0 Å². The summed E-state index contributed by atoms with van der Waals surface area (Å²) in [5.41, 5.74) is 1.33. The monoisotopic (exact) mass is 538 g/mol. The minimum Gasteiger partial charge on any atom is -0.462 e. The Balaban J connectivity index is 1.65. The van der Waals surface area contributed by atoms with Gasteiger partial charge in [0.15, 0.2) is 6.61 Å². The van der Waals surface area contributed by atoms with Gasteiger partial charge in [0.1, 0.15) is 0 Å². The molecule has 33 heavy (non-hydrogen) atoms. The molecular formula is C23H24BrClN2O6. The van der Waals surface area contributed by atoms with E-state index >= 15 is 0 Å². The van der Waals surface area contributed by atoms with Gasteiger partial charge in [0.2, 0.25) is 5.91 Å². The molecule has 0 saturated carbocycles. The number of carbonyl (C=O) groups is 4. The largest absolute Gasteiger partial charge is 0.462 e. The van der Waals surface area contributed by atoms with E-state index in [1.165, 1.54) is 0 Å². The van der Waals surface area contributed by atoms with Crippen molar-refractivity contribution in [2.45, 2.75) is 32.6 Å². The van der Waals surface area contributed by atoms with E-state index in [0.717, 1.165) is 10.9 Å². The highest BCUT2D eigenvalue weighted by atomic mass is 79.9. The quantitative estimate of drug-likeness (QED) is 0.391. The molecule has 0 bridgehead atoms. The Kier molecular flexibility index (Phi) is 10.9. The third-order valence-electron chi connectivity index (χ3n) is 4.20. The Morgan fingerprint density at radius 2 is 1.67 bits per heavy atom. The molecule has 8 nitrogen and oxygen atoms in total. The van der Waals surface area contributed by atoms with E-state index < -0.39 is 24.5 Å². The van der Waals surface area contributed by atoms with Crippen molar-refractivity contribution in [1.82, 2.24) is 0 Å². The van der Waals surface area contributed by atoms with Crippen molar-refractivity contribution in [3.05, 3.63) is 57.5 Å². The van der Waals surface area contributed by atoms with Crippen molar-refractivity contribution in [3.8, 4) is 0 Å². The van der Waals surface area contributed by atoms with Gasteiger partial charge in [-0.05, 0) is 55.3 Å². The molecule has 2 amide bonds. The third kappa shape index (κ3) is 9.63. The number of anilines is 2. The number of amides is 2. The number of carbonyl (C=O) groups excluding carboxylic acids is 4. The molecule has 0 radical (unpaired) electrons. The lowest BCUT2D eigenvalue weighted by Gasteiger charge is -2.09. The molecule has 0 saturated heterocycles. The van der Waals surface area contributed by atoms with Crippen molar-refractivity contribution >= 4 is 62.7 Å². The molecule has 2 N–H and O–H groups in total. The summed E-state index contributed by atoms with van der Waals surface area (Å²) in [7, 11) is 0. The molecular weight excluding hydrogens is 516 g/mol. The minimum atomic E-state index is -0.588. The first-order valence-electron chi connectivity index (χ1n) is 10.3. The van der Waals surface area contributed by atoms with Gasteiger partial charge in [0.05, 0.1) is 22.9 Å².